The largest absolute Gasteiger partial charge is 0.451 e. The first-order valence-corrected chi connectivity index (χ1v) is 12.9. The van der Waals surface area contributed by atoms with Crippen molar-refractivity contribution in [1.82, 2.24) is 15.0 Å². The van der Waals surface area contributed by atoms with Crippen LogP contribution in [0, 0.1) is 5.92 Å². The van der Waals surface area contributed by atoms with Gasteiger partial charge in [0.2, 0.25) is 15.9 Å². The Hall–Kier alpha value is -3.01. The average molecular weight is 484 g/mol. The predicted molar refractivity (Wildman–Crippen MR) is 127 cm³/mol. The lowest BCUT2D eigenvalue weighted by molar-refractivity contribution is -0.127. The predicted octanol–water partition coefficient (Wildman–Crippen LogP) is 3.42. The second kappa shape index (κ2) is 10.5. The smallest absolute Gasteiger partial charge is 0.240 e. The first kappa shape index (κ1) is 24.1. The van der Waals surface area contributed by atoms with Crippen LogP contribution in [0.5, 0.6) is 0 Å². The molecule has 1 aliphatic rings. The summed E-state index contributed by atoms with van der Waals surface area (Å²) in [5, 5.41) is 13.1. The molecule has 9 heteroatoms. The fourth-order valence-corrected chi connectivity index (χ4v) is 5.64. The zero-order valence-corrected chi connectivity index (χ0v) is 19.7. The van der Waals surface area contributed by atoms with Crippen LogP contribution in [-0.4, -0.2) is 36.6 Å². The maximum Gasteiger partial charge on any atom is 0.240 e. The van der Waals surface area contributed by atoms with Crippen LogP contribution in [0.2, 0.25) is 0 Å². The first-order valence-electron chi connectivity index (χ1n) is 11.4. The summed E-state index contributed by atoms with van der Waals surface area (Å²) in [5.74, 6) is -0.327. The number of carbonyl (C=O) groups excluding carboxylic acids is 1. The summed E-state index contributed by atoms with van der Waals surface area (Å²) < 4.78 is 33.4. The number of nitrogens with one attached hydrogen (secondary N) is 2. The van der Waals surface area contributed by atoms with Gasteiger partial charge in [-0.05, 0) is 50.3 Å². The third-order valence-electron chi connectivity index (χ3n) is 6.25. The van der Waals surface area contributed by atoms with Crippen LogP contribution in [0.25, 0.3) is 11.3 Å². The van der Waals surface area contributed by atoms with Gasteiger partial charge in [-0.2, -0.15) is 0 Å². The Morgan fingerprint density at radius 3 is 2.32 bits per heavy atom. The lowest BCUT2D eigenvalue weighted by Crippen LogP contribution is -2.43. The van der Waals surface area contributed by atoms with Crippen LogP contribution in [0.4, 0.5) is 0 Å². The van der Waals surface area contributed by atoms with Gasteiger partial charge in [-0.25, -0.2) is 18.1 Å². The van der Waals surface area contributed by atoms with E-state index in [0.717, 1.165) is 11.1 Å². The van der Waals surface area contributed by atoms with Crippen LogP contribution in [0.15, 0.2) is 76.6 Å². The summed E-state index contributed by atoms with van der Waals surface area (Å²) in [6.07, 6.45) is 4.38. The van der Waals surface area contributed by atoms with E-state index in [9.17, 15) is 18.3 Å². The summed E-state index contributed by atoms with van der Waals surface area (Å²) in [6, 6.07) is 15.2. The van der Waals surface area contributed by atoms with E-state index in [2.05, 4.69) is 15.0 Å². The molecule has 1 saturated carbocycles. The highest BCUT2D eigenvalue weighted by atomic mass is 32.2. The first-order chi connectivity index (χ1) is 16.3. The van der Waals surface area contributed by atoms with E-state index < -0.39 is 22.2 Å². The molecule has 1 fully saturated rings. The Morgan fingerprint density at radius 2 is 1.74 bits per heavy atom. The number of aliphatic hydroxyl groups is 1. The fourth-order valence-electron chi connectivity index (χ4n) is 4.33. The van der Waals surface area contributed by atoms with Gasteiger partial charge in [-0.1, -0.05) is 42.5 Å². The number of hydrogen-bond acceptors (Lipinski definition) is 6. The number of amides is 1. The lowest BCUT2D eigenvalue weighted by Gasteiger charge is -2.30. The minimum absolute atomic E-state index is 0.112. The maximum atomic E-state index is 12.9. The van der Waals surface area contributed by atoms with E-state index in [4.69, 9.17) is 4.42 Å². The van der Waals surface area contributed by atoms with Crippen molar-refractivity contribution in [3.8, 4) is 11.3 Å². The van der Waals surface area contributed by atoms with Crippen LogP contribution in [0.3, 0.4) is 0 Å². The number of aliphatic hydroxyl groups excluding tert-OH is 1. The molecule has 34 heavy (non-hydrogen) atoms. The Bertz CT molecular complexity index is 1170. The summed E-state index contributed by atoms with van der Waals surface area (Å²) >= 11 is 0. The van der Waals surface area contributed by atoms with Gasteiger partial charge >= 0.3 is 0 Å². The van der Waals surface area contributed by atoms with Crippen molar-refractivity contribution in [3.63, 3.8) is 0 Å². The van der Waals surface area contributed by atoms with Crippen molar-refractivity contribution >= 4 is 15.9 Å². The molecule has 2 aromatic carbocycles. The van der Waals surface area contributed by atoms with Crippen molar-refractivity contribution < 1.29 is 22.7 Å². The number of carbonyl (C=O) groups is 1. The number of benzene rings is 2. The highest BCUT2D eigenvalue weighted by Gasteiger charge is 2.31. The monoisotopic (exact) mass is 483 g/mol. The van der Waals surface area contributed by atoms with Gasteiger partial charge in [0.25, 0.3) is 0 Å². The standard InChI is InChI=1S/C25H29N3O5S/c1-17(29)24(19-5-3-2-4-6-19)27-25(30)20-7-11-21(12-8-20)28-34(31,32)22-13-9-18(10-14-22)23-15-33-16-26-23/h2-6,9-10,13-17,20-21,24,28-29H,7-8,11-12H2,1H3,(H,27,30)/t17-,20?,21?,24-/m1/s1. The molecule has 3 N–H and O–H groups in total. The molecule has 1 aliphatic carbocycles. The molecule has 1 amide bonds. The Labute approximate surface area is 199 Å². The zero-order valence-electron chi connectivity index (χ0n) is 18.9. The quantitative estimate of drug-likeness (QED) is 0.451. The normalized spacial score (nSPS) is 20.4. The molecular weight excluding hydrogens is 454 g/mol. The van der Waals surface area contributed by atoms with Gasteiger partial charge in [-0.3, -0.25) is 4.79 Å². The minimum atomic E-state index is -3.68. The molecule has 0 aliphatic heterocycles. The van der Waals surface area contributed by atoms with E-state index in [1.165, 1.54) is 12.7 Å². The third kappa shape index (κ3) is 5.72. The van der Waals surface area contributed by atoms with E-state index in [0.29, 0.717) is 31.4 Å². The molecule has 4 rings (SSSR count). The highest BCUT2D eigenvalue weighted by molar-refractivity contribution is 7.89. The molecule has 8 nitrogen and oxygen atoms in total. The van der Waals surface area contributed by atoms with Crippen molar-refractivity contribution in [2.75, 3.05) is 0 Å². The maximum absolute atomic E-state index is 12.9. The van der Waals surface area contributed by atoms with Crippen LogP contribution in [-0.2, 0) is 14.8 Å². The summed E-state index contributed by atoms with van der Waals surface area (Å²) in [4.78, 5) is 17.1. The highest BCUT2D eigenvalue weighted by Crippen LogP contribution is 2.28. The Morgan fingerprint density at radius 1 is 1.06 bits per heavy atom. The molecule has 0 radical (unpaired) electrons. The van der Waals surface area contributed by atoms with E-state index in [1.807, 2.05) is 30.3 Å². The topological polar surface area (TPSA) is 122 Å². The molecule has 2 atom stereocenters. The number of hydrogen-bond donors (Lipinski definition) is 3. The van der Waals surface area contributed by atoms with Gasteiger partial charge in [0.1, 0.15) is 12.0 Å². The Balaban J connectivity index is 1.32. The number of sulfonamides is 1. The number of rotatable bonds is 8. The SMILES string of the molecule is C[C@@H](O)[C@@H](NC(=O)C1CCC(NS(=O)(=O)c2ccc(-c3cocn3)cc2)CC1)c1ccccc1. The fraction of sp³-hybridized carbons (Fsp3) is 0.360. The molecule has 0 saturated heterocycles. The van der Waals surface area contributed by atoms with E-state index in [-0.39, 0.29) is 22.8 Å². The molecule has 1 heterocycles. The summed E-state index contributed by atoms with van der Waals surface area (Å²) in [5.41, 5.74) is 2.26. The van der Waals surface area contributed by atoms with Gasteiger partial charge in [-0.15, -0.1) is 0 Å². The van der Waals surface area contributed by atoms with Gasteiger partial charge < -0.3 is 14.8 Å². The second-order valence-electron chi connectivity index (χ2n) is 8.71. The van der Waals surface area contributed by atoms with Crippen molar-refractivity contribution in [3.05, 3.63) is 72.8 Å². The molecule has 0 spiro atoms. The minimum Gasteiger partial charge on any atom is -0.451 e. The number of aromatic nitrogens is 1. The van der Waals surface area contributed by atoms with Gasteiger partial charge in [0.15, 0.2) is 6.39 Å². The summed E-state index contributed by atoms with van der Waals surface area (Å²) in [6.45, 7) is 1.65. The molecule has 180 valence electrons. The Kier molecular flexibility index (Phi) is 7.45. The summed E-state index contributed by atoms with van der Waals surface area (Å²) in [7, 11) is -3.68. The molecule has 3 aromatic rings. The van der Waals surface area contributed by atoms with Crippen molar-refractivity contribution in [1.29, 1.82) is 0 Å². The average Bonchev–Trinajstić information content (AvgIpc) is 3.38. The molecular formula is C25H29N3O5S. The number of nitrogens with zero attached hydrogens (tertiary/aromatic N) is 1. The van der Waals surface area contributed by atoms with E-state index >= 15 is 0 Å². The van der Waals surface area contributed by atoms with Gasteiger partial charge in [0, 0.05) is 17.5 Å². The van der Waals surface area contributed by atoms with Crippen LogP contribution < -0.4 is 10.0 Å². The third-order valence-corrected chi connectivity index (χ3v) is 7.79. The van der Waals surface area contributed by atoms with Gasteiger partial charge in [0.05, 0.1) is 17.0 Å². The van der Waals surface area contributed by atoms with Crippen LogP contribution >= 0.6 is 0 Å². The second-order valence-corrected chi connectivity index (χ2v) is 10.4. The molecule has 1 aromatic heterocycles. The van der Waals surface area contributed by atoms with Crippen LogP contribution in [0.1, 0.15) is 44.2 Å². The zero-order chi connectivity index (χ0) is 24.1. The molecule has 0 unspecified atom stereocenters. The van der Waals surface area contributed by atoms with Crippen molar-refractivity contribution in [2.24, 2.45) is 5.92 Å². The van der Waals surface area contributed by atoms with Crippen molar-refractivity contribution in [2.45, 2.75) is 55.7 Å². The van der Waals surface area contributed by atoms with E-state index in [1.54, 1.807) is 31.2 Å². The number of oxazole rings is 1. The lowest BCUT2D eigenvalue weighted by atomic mass is 9.85. The molecule has 0 bridgehead atoms.